The summed E-state index contributed by atoms with van der Waals surface area (Å²) in [6.07, 6.45) is 2.59. The van der Waals surface area contributed by atoms with Crippen LogP contribution in [0.25, 0.3) is 10.9 Å². The number of nitrogens with zero attached hydrogens (tertiary/aromatic N) is 3. The molecule has 2 saturated heterocycles. The van der Waals surface area contributed by atoms with Gasteiger partial charge < -0.3 is 10.2 Å². The second-order valence-electron chi connectivity index (χ2n) is 7.85. The predicted molar refractivity (Wildman–Crippen MR) is 95.5 cm³/mol. The van der Waals surface area contributed by atoms with Crippen LogP contribution in [0.3, 0.4) is 0 Å². The normalized spacial score (nSPS) is 32.5. The van der Waals surface area contributed by atoms with Crippen molar-refractivity contribution in [2.45, 2.75) is 62.9 Å². The quantitative estimate of drug-likeness (QED) is 0.816. The van der Waals surface area contributed by atoms with E-state index in [1.807, 2.05) is 32.0 Å². The van der Waals surface area contributed by atoms with Gasteiger partial charge >= 0.3 is 0 Å². The maximum absolute atomic E-state index is 13.0. The molecular weight excluding hydrogens is 318 g/mol. The summed E-state index contributed by atoms with van der Waals surface area (Å²) < 4.78 is 1.59. The van der Waals surface area contributed by atoms with Crippen molar-refractivity contribution in [1.82, 2.24) is 14.5 Å². The summed E-state index contributed by atoms with van der Waals surface area (Å²) in [5, 5.41) is 21.8. The number of aliphatic hydroxyl groups excluding tert-OH is 2. The molecule has 4 atom stereocenters. The summed E-state index contributed by atoms with van der Waals surface area (Å²) in [6, 6.07) is 6.82. The lowest BCUT2D eigenvalue weighted by molar-refractivity contribution is -0.133. The standard InChI is InChI=1S/C19H25N3O3/c1-19(2)17(16(24)10-14-15(23)8-5-9-22(14)19)21-11-20-13-7-4-3-6-12(13)18(21)25/h3-4,6-7,11,14-17,23-24H,5,8-10H2,1-2H3/t14-,15-,16+,17+/m0/s1. The van der Waals surface area contributed by atoms with Crippen LogP contribution in [0, 0.1) is 0 Å². The maximum atomic E-state index is 13.0. The fourth-order valence-corrected chi connectivity index (χ4v) is 4.86. The number of fused-ring (bicyclic) bond motifs is 2. The van der Waals surface area contributed by atoms with Crippen LogP contribution in [0.4, 0.5) is 0 Å². The molecule has 0 amide bonds. The molecule has 0 spiro atoms. The van der Waals surface area contributed by atoms with Gasteiger partial charge in [-0.1, -0.05) is 12.1 Å². The number of para-hydroxylation sites is 1. The van der Waals surface area contributed by atoms with Gasteiger partial charge in [0.2, 0.25) is 0 Å². The van der Waals surface area contributed by atoms with Crippen LogP contribution >= 0.6 is 0 Å². The van der Waals surface area contributed by atoms with Crippen LogP contribution in [0.5, 0.6) is 0 Å². The van der Waals surface area contributed by atoms with E-state index >= 15 is 0 Å². The Morgan fingerprint density at radius 1 is 1.20 bits per heavy atom. The van der Waals surface area contributed by atoms with Gasteiger partial charge in [0.25, 0.3) is 5.56 Å². The molecule has 134 valence electrons. The lowest BCUT2D eigenvalue weighted by Crippen LogP contribution is -2.67. The Bertz CT molecular complexity index is 847. The first-order chi connectivity index (χ1) is 11.9. The average molecular weight is 343 g/mol. The third kappa shape index (κ3) is 2.51. The summed E-state index contributed by atoms with van der Waals surface area (Å²) in [5.74, 6) is 0. The van der Waals surface area contributed by atoms with E-state index in [2.05, 4.69) is 9.88 Å². The Kier molecular flexibility index (Phi) is 3.94. The number of rotatable bonds is 1. The Morgan fingerprint density at radius 2 is 1.96 bits per heavy atom. The zero-order chi connectivity index (χ0) is 17.8. The molecule has 2 N–H and O–H groups in total. The van der Waals surface area contributed by atoms with Gasteiger partial charge in [0, 0.05) is 11.6 Å². The van der Waals surface area contributed by atoms with Gasteiger partial charge in [0.05, 0.1) is 35.5 Å². The Morgan fingerprint density at radius 3 is 2.76 bits per heavy atom. The van der Waals surface area contributed by atoms with E-state index in [-0.39, 0.29) is 11.6 Å². The van der Waals surface area contributed by atoms with Gasteiger partial charge in [-0.05, 0) is 51.8 Å². The van der Waals surface area contributed by atoms with Crippen LogP contribution < -0.4 is 5.56 Å². The molecule has 2 aliphatic heterocycles. The number of piperidine rings is 2. The molecule has 0 aliphatic carbocycles. The van der Waals surface area contributed by atoms with E-state index in [4.69, 9.17) is 0 Å². The predicted octanol–water partition coefficient (Wildman–Crippen LogP) is 1.31. The summed E-state index contributed by atoms with van der Waals surface area (Å²) in [6.45, 7) is 4.97. The summed E-state index contributed by atoms with van der Waals surface area (Å²) in [5.41, 5.74) is 0.0781. The minimum absolute atomic E-state index is 0.0564. The smallest absolute Gasteiger partial charge is 0.261 e. The molecule has 0 radical (unpaired) electrons. The van der Waals surface area contributed by atoms with E-state index < -0.39 is 23.8 Å². The molecule has 1 aromatic carbocycles. The lowest BCUT2D eigenvalue weighted by atomic mass is 9.75. The molecule has 0 saturated carbocycles. The highest BCUT2D eigenvalue weighted by Gasteiger charge is 2.51. The summed E-state index contributed by atoms with van der Waals surface area (Å²) in [4.78, 5) is 19.7. The number of benzene rings is 1. The van der Waals surface area contributed by atoms with Gasteiger partial charge in [-0.15, -0.1) is 0 Å². The van der Waals surface area contributed by atoms with Crippen molar-refractivity contribution in [3.8, 4) is 0 Å². The zero-order valence-electron chi connectivity index (χ0n) is 14.7. The van der Waals surface area contributed by atoms with Gasteiger partial charge in [-0.2, -0.15) is 0 Å². The molecular formula is C19H25N3O3. The van der Waals surface area contributed by atoms with Gasteiger partial charge in [-0.25, -0.2) is 4.98 Å². The first-order valence-electron chi connectivity index (χ1n) is 9.00. The Labute approximate surface area is 146 Å². The highest BCUT2D eigenvalue weighted by molar-refractivity contribution is 5.76. The van der Waals surface area contributed by atoms with Crippen molar-refractivity contribution in [3.63, 3.8) is 0 Å². The first-order valence-corrected chi connectivity index (χ1v) is 9.00. The third-order valence-electron chi connectivity index (χ3n) is 6.04. The zero-order valence-corrected chi connectivity index (χ0v) is 14.7. The van der Waals surface area contributed by atoms with Crippen LogP contribution in [0.1, 0.15) is 39.2 Å². The molecule has 3 heterocycles. The summed E-state index contributed by atoms with van der Waals surface area (Å²) in [7, 11) is 0. The lowest BCUT2D eigenvalue weighted by Gasteiger charge is -2.57. The Hall–Kier alpha value is -1.76. The van der Waals surface area contributed by atoms with E-state index in [1.165, 1.54) is 0 Å². The SMILES string of the molecule is CC1(C)[C@H](n2cnc3ccccc3c2=O)[C@H](O)C[C@H]2[C@@H](O)CCCN21. The van der Waals surface area contributed by atoms with Crippen LogP contribution in [0.15, 0.2) is 35.4 Å². The topological polar surface area (TPSA) is 78.6 Å². The molecule has 0 unspecified atom stereocenters. The van der Waals surface area contributed by atoms with E-state index in [0.29, 0.717) is 17.3 Å². The molecule has 2 aromatic rings. The molecule has 25 heavy (non-hydrogen) atoms. The second kappa shape index (κ2) is 5.90. The fourth-order valence-electron chi connectivity index (χ4n) is 4.86. The number of aromatic nitrogens is 2. The number of hydrogen-bond donors (Lipinski definition) is 2. The highest BCUT2D eigenvalue weighted by Crippen LogP contribution is 2.42. The average Bonchev–Trinajstić information content (AvgIpc) is 2.58. The second-order valence-corrected chi connectivity index (χ2v) is 7.85. The van der Waals surface area contributed by atoms with Crippen LogP contribution in [-0.2, 0) is 0 Å². The highest BCUT2D eigenvalue weighted by atomic mass is 16.3. The van der Waals surface area contributed by atoms with Crippen molar-refractivity contribution in [3.05, 3.63) is 40.9 Å². The van der Waals surface area contributed by atoms with E-state index in [0.717, 1.165) is 19.4 Å². The monoisotopic (exact) mass is 343 g/mol. The van der Waals surface area contributed by atoms with E-state index in [1.54, 1.807) is 17.0 Å². The number of hydrogen-bond acceptors (Lipinski definition) is 5. The van der Waals surface area contributed by atoms with Crippen molar-refractivity contribution in [2.75, 3.05) is 6.54 Å². The van der Waals surface area contributed by atoms with Crippen LogP contribution in [0.2, 0.25) is 0 Å². The van der Waals surface area contributed by atoms with Crippen molar-refractivity contribution < 1.29 is 10.2 Å². The number of aliphatic hydroxyl groups is 2. The van der Waals surface area contributed by atoms with Gasteiger partial charge in [-0.3, -0.25) is 14.3 Å². The van der Waals surface area contributed by atoms with E-state index in [9.17, 15) is 15.0 Å². The Balaban J connectivity index is 1.82. The maximum Gasteiger partial charge on any atom is 0.261 e. The van der Waals surface area contributed by atoms with Gasteiger partial charge in [0.1, 0.15) is 0 Å². The molecule has 0 bridgehead atoms. The molecule has 6 nitrogen and oxygen atoms in total. The molecule has 2 aliphatic rings. The third-order valence-corrected chi connectivity index (χ3v) is 6.04. The minimum atomic E-state index is -0.704. The largest absolute Gasteiger partial charge is 0.391 e. The first kappa shape index (κ1) is 16.7. The molecule has 1 aromatic heterocycles. The molecule has 2 fully saturated rings. The van der Waals surface area contributed by atoms with Crippen molar-refractivity contribution >= 4 is 10.9 Å². The van der Waals surface area contributed by atoms with Crippen molar-refractivity contribution in [2.24, 2.45) is 0 Å². The van der Waals surface area contributed by atoms with Gasteiger partial charge in [0.15, 0.2) is 0 Å². The summed E-state index contributed by atoms with van der Waals surface area (Å²) >= 11 is 0. The fraction of sp³-hybridized carbons (Fsp3) is 0.579. The molecule has 6 heteroatoms. The van der Waals surface area contributed by atoms with Crippen molar-refractivity contribution in [1.29, 1.82) is 0 Å². The minimum Gasteiger partial charge on any atom is -0.391 e. The molecule has 4 rings (SSSR count). The van der Waals surface area contributed by atoms with Crippen LogP contribution in [-0.4, -0.2) is 55.0 Å².